The monoisotopic (exact) mass is 1830 g/mol. The molecule has 16 N–H and O–H groups in total. The van der Waals surface area contributed by atoms with Crippen molar-refractivity contribution in [3.8, 4) is 0 Å². The third kappa shape index (κ3) is 168. The largest absolute Gasteiger partial charge is 0.481 e. The molecule has 0 aromatic heterocycles. The van der Waals surface area contributed by atoms with Gasteiger partial charge in [0.25, 0.3) is 0 Å². The minimum absolute atomic E-state index is 0. The maximum absolute atomic E-state index is 11.3. The highest BCUT2D eigenvalue weighted by molar-refractivity contribution is 7.98. The summed E-state index contributed by atoms with van der Waals surface area (Å²) in [7, 11) is 0. The highest BCUT2D eigenvalue weighted by Gasteiger charge is 2.25. The molecular weight excluding hydrogens is 1610 g/mol. The number of nitrogens with two attached hydrogens (primary N) is 1. The van der Waals surface area contributed by atoms with E-state index in [0.717, 1.165) is 63.9 Å². The molecule has 29 heteroatoms. The van der Waals surface area contributed by atoms with E-state index in [1.165, 1.54) is 6.92 Å². The summed E-state index contributed by atoms with van der Waals surface area (Å²) in [5.41, 5.74) is 5.26. The van der Waals surface area contributed by atoms with E-state index in [9.17, 15) is 62.3 Å². The van der Waals surface area contributed by atoms with Crippen molar-refractivity contribution in [2.24, 2.45) is 70.8 Å². The van der Waals surface area contributed by atoms with Crippen LogP contribution in [0.25, 0.3) is 0 Å². The van der Waals surface area contributed by atoms with E-state index < -0.39 is 30.1 Å². The van der Waals surface area contributed by atoms with E-state index >= 15 is 0 Å². The quantitative estimate of drug-likeness (QED) is 0.0252. The molecule has 0 radical (unpaired) electrons. The van der Waals surface area contributed by atoms with Gasteiger partial charge in [-0.2, -0.15) is 11.8 Å². The first-order valence-electron chi connectivity index (χ1n) is 42.4. The molecule has 0 aliphatic carbocycles. The summed E-state index contributed by atoms with van der Waals surface area (Å²) in [5, 5.41) is 61.5. The fraction of sp³-hybridized carbons (Fsp3) is 0.865. The number of thioether (sulfide) groups is 1. The Labute approximate surface area is 777 Å². The van der Waals surface area contributed by atoms with Crippen molar-refractivity contribution in [1.29, 1.82) is 0 Å². The lowest BCUT2D eigenvalue weighted by molar-refractivity contribution is -0.145. The normalized spacial score (nSPS) is 10.7. The van der Waals surface area contributed by atoms with Gasteiger partial charge in [0.2, 0.25) is 59.1 Å². The first-order valence-corrected chi connectivity index (χ1v) is 43.8. The second-order valence-electron chi connectivity index (χ2n) is 33.3. The van der Waals surface area contributed by atoms with Gasteiger partial charge >= 0.3 is 17.9 Å². The van der Waals surface area contributed by atoms with Gasteiger partial charge in [-0.05, 0) is 157 Å². The summed E-state index contributed by atoms with van der Waals surface area (Å²) in [6.07, 6.45) is 13.4. The zero-order chi connectivity index (χ0) is 91.9. The van der Waals surface area contributed by atoms with Gasteiger partial charge in [0.05, 0.1) is 6.10 Å². The van der Waals surface area contributed by atoms with E-state index in [1.54, 1.807) is 0 Å². The van der Waals surface area contributed by atoms with Gasteiger partial charge in [-0.3, -0.25) is 57.5 Å². The van der Waals surface area contributed by atoms with E-state index in [4.69, 9.17) is 26.2 Å². The molecule has 0 heterocycles. The molecule has 0 aliphatic rings. The minimum Gasteiger partial charge on any atom is -0.481 e. The van der Waals surface area contributed by atoms with Gasteiger partial charge in [0.1, 0.15) is 6.54 Å². The standard InChI is InChI=1S/C10H21NOS.C10H21NO.C9H17NO4.C9H17NO3.2C9H19NO.C8H18N2O.C8H17NO.C7H13NO3.C7H15NO.10CH4/c1-8(2)7-10(12)11-9(3)5-6-13-4;1-7(2)6-10(12)11-9(5)8(3)4;1-5(2)4-7(12)10-8(6(3)11)9(13)14;1-7(2)6-8(11)10-5-3-4-9(12)13;1-5-8(4)10-9(11)6-7(2)3;1-4-5-6-10-9(11)7-8(2)3;1-7(2)6-8(11)10-5-3-4-9;1-4-5-9-8(10)6-7(2)3;1-5(2)3-6(9)8-4-7(10)11;1-4-8-7(9)5-6(2)3;;;;;;;;;;/h8-9H,5-7H2,1-4H3,(H,11,12);7-9H,6H2,1-5H3,(H,11,12);5-6,8,11H,4H2,1-3H3,(H,10,12)(H,13,14);7H,3-6H2,1-2H3,(H,10,11)(H,12,13);7-8H,5-6H2,1-4H3,(H,10,11);8H,4-7H2,1-3H3,(H,10,11);7H,3-6,9H2,1-2H3,(H,10,11);7H,4-6H2,1-3H3,(H,9,10);5H,3-4H2,1-2H3,(H,8,9)(H,10,11);6H,4-5H2,1-3H3,(H,8,9);10*1H4. The Balaban J connectivity index is -0.0000000541. The van der Waals surface area contributed by atoms with Gasteiger partial charge in [-0.1, -0.05) is 254 Å². The van der Waals surface area contributed by atoms with Crippen LogP contribution in [0, 0.1) is 65.1 Å². The minimum atomic E-state index is -1.22. The van der Waals surface area contributed by atoms with Gasteiger partial charge in [-0.25, -0.2) is 4.79 Å². The van der Waals surface area contributed by atoms with Gasteiger partial charge in [0, 0.05) is 121 Å². The molecule has 125 heavy (non-hydrogen) atoms. The van der Waals surface area contributed by atoms with Crippen molar-refractivity contribution in [1.82, 2.24) is 53.2 Å². The van der Waals surface area contributed by atoms with Crippen LogP contribution in [-0.4, -0.2) is 185 Å². The predicted molar refractivity (Wildman–Crippen MR) is 541 cm³/mol. The number of aliphatic hydroxyl groups excluding tert-OH is 1. The van der Waals surface area contributed by atoms with Crippen LogP contribution in [0.5, 0.6) is 0 Å². The van der Waals surface area contributed by atoms with E-state index in [0.29, 0.717) is 149 Å². The second kappa shape index (κ2) is 115. The Morgan fingerprint density at radius 1 is 0.320 bits per heavy atom. The summed E-state index contributed by atoms with van der Waals surface area (Å²) >= 11 is 1.82. The van der Waals surface area contributed by atoms with Crippen molar-refractivity contribution >= 4 is 88.7 Å². The maximum atomic E-state index is 11.3. The lowest BCUT2D eigenvalue weighted by atomic mass is 10.1. The average Bonchev–Trinajstić information content (AvgIpc) is 0.913. The smallest absolute Gasteiger partial charge is 0.328 e. The van der Waals surface area contributed by atoms with Crippen molar-refractivity contribution in [3.63, 3.8) is 0 Å². The topological polar surface area (TPSA) is 449 Å². The molecule has 0 bridgehead atoms. The molecule has 5 atom stereocenters. The van der Waals surface area contributed by atoms with Crippen LogP contribution < -0.4 is 58.9 Å². The number of hydrogen-bond acceptors (Lipinski definition) is 16. The van der Waals surface area contributed by atoms with Crippen LogP contribution in [0.2, 0.25) is 0 Å². The van der Waals surface area contributed by atoms with E-state index in [2.05, 4.69) is 156 Å². The molecular formula is C96H217N11O17S. The number of amides is 10. The first kappa shape index (κ1) is 169. The molecule has 0 aromatic carbocycles. The highest BCUT2D eigenvalue weighted by Crippen LogP contribution is 2.08. The van der Waals surface area contributed by atoms with Crippen LogP contribution in [0.15, 0.2) is 0 Å². The fourth-order valence-electron chi connectivity index (χ4n) is 8.22. The van der Waals surface area contributed by atoms with Crippen molar-refractivity contribution < 1.29 is 82.8 Å². The van der Waals surface area contributed by atoms with Gasteiger partial charge in [0.15, 0.2) is 6.04 Å². The average molecular weight is 1830 g/mol. The number of carboxylic acids is 3. The Kier molecular flexibility index (Phi) is 156. The zero-order valence-corrected chi connectivity index (χ0v) is 79.0. The van der Waals surface area contributed by atoms with Crippen molar-refractivity contribution in [2.45, 2.75) is 428 Å². The van der Waals surface area contributed by atoms with E-state index in [1.807, 2.05) is 116 Å². The Morgan fingerprint density at radius 3 is 0.840 bits per heavy atom. The number of hydrogen-bond donors (Lipinski definition) is 15. The number of carbonyl (C=O) groups excluding carboxylic acids is 10. The molecule has 764 valence electrons. The molecule has 0 aliphatic heterocycles. The number of nitrogens with one attached hydrogen (secondary N) is 10. The molecule has 0 spiro atoms. The molecule has 5 unspecified atom stereocenters. The number of rotatable bonds is 46. The number of carbonyl (C=O) groups is 13. The van der Waals surface area contributed by atoms with Crippen LogP contribution in [0.4, 0.5) is 0 Å². The molecule has 10 amide bonds. The van der Waals surface area contributed by atoms with Gasteiger partial charge in [-0.15, -0.1) is 0 Å². The second-order valence-corrected chi connectivity index (χ2v) is 34.3. The van der Waals surface area contributed by atoms with E-state index in [-0.39, 0.29) is 171 Å². The van der Waals surface area contributed by atoms with Crippen LogP contribution in [0.1, 0.15) is 398 Å². The summed E-state index contributed by atoms with van der Waals surface area (Å²) in [6, 6.07) is -0.294. The molecule has 0 aromatic rings. The van der Waals surface area contributed by atoms with Crippen LogP contribution >= 0.6 is 11.8 Å². The third-order valence-corrected chi connectivity index (χ3v) is 15.0. The summed E-state index contributed by atoms with van der Waals surface area (Å²) in [4.78, 5) is 141. The number of carboxylic acid groups (broad SMARTS) is 3. The Bertz CT molecular complexity index is 2420. The molecule has 0 saturated carbocycles. The maximum Gasteiger partial charge on any atom is 0.328 e. The predicted octanol–water partition coefficient (Wildman–Crippen LogP) is 19.2. The van der Waals surface area contributed by atoms with Crippen LogP contribution in [0.3, 0.4) is 0 Å². The molecule has 0 fully saturated rings. The molecule has 0 saturated heterocycles. The number of unbranched alkanes of at least 4 members (excludes halogenated alkanes) is 1. The molecule has 0 rings (SSSR count). The van der Waals surface area contributed by atoms with Crippen molar-refractivity contribution in [3.05, 3.63) is 0 Å². The van der Waals surface area contributed by atoms with Crippen LogP contribution in [-0.2, 0) is 62.3 Å². The highest BCUT2D eigenvalue weighted by atomic mass is 32.2. The van der Waals surface area contributed by atoms with Crippen molar-refractivity contribution in [2.75, 3.05) is 57.8 Å². The summed E-state index contributed by atoms with van der Waals surface area (Å²) in [5.74, 6) is 3.18. The number of aliphatic hydroxyl groups is 1. The summed E-state index contributed by atoms with van der Waals surface area (Å²) in [6.45, 7) is 63.9. The fourth-order valence-corrected chi connectivity index (χ4v) is 8.80. The SMILES string of the molecule is C.C.C.C.C.C.C.C.C.C.CC(C)CC(=O)NC(C(=O)O)C(C)O.CC(C)CC(=O)NC(C)C(C)C.CC(C)CC(=O)NCC(=O)O.CC(C)CC(=O)NCCCC(=O)O.CC(C)CC(=O)NCCCN.CCC(C)NC(=O)CC(C)C.CCCCNC(=O)CC(C)C.CCCNC(=O)CC(C)C.CCNC(=O)CC(C)C.CSCCC(C)NC(=O)CC(C)C. The number of aliphatic carboxylic acids is 3. The lowest BCUT2D eigenvalue weighted by Gasteiger charge is -2.17. The third-order valence-electron chi connectivity index (χ3n) is 14.4. The summed E-state index contributed by atoms with van der Waals surface area (Å²) < 4.78 is 0. The zero-order valence-electron chi connectivity index (χ0n) is 78.2. The van der Waals surface area contributed by atoms with Gasteiger partial charge < -0.3 is 79.3 Å². The lowest BCUT2D eigenvalue weighted by Crippen LogP contribution is -2.47. The first-order chi connectivity index (χ1) is 53.1. The molecule has 28 nitrogen and oxygen atoms in total. The Hall–Kier alpha value is -6.62. The Morgan fingerprint density at radius 2 is 0.592 bits per heavy atom.